The van der Waals surface area contributed by atoms with E-state index in [-0.39, 0.29) is 11.2 Å². The van der Waals surface area contributed by atoms with E-state index in [2.05, 4.69) is 20.4 Å². The molecule has 2 heterocycles. The second-order valence-corrected chi connectivity index (χ2v) is 3.25. The highest BCUT2D eigenvalue weighted by Gasteiger charge is 2.08. The molecule has 0 radical (unpaired) electrons. The second kappa shape index (κ2) is 4.28. The van der Waals surface area contributed by atoms with E-state index < -0.39 is 0 Å². The third kappa shape index (κ3) is 2.01. The van der Waals surface area contributed by atoms with Crippen LogP contribution in [0.5, 0.6) is 0 Å². The van der Waals surface area contributed by atoms with Crippen molar-refractivity contribution < 1.29 is 4.79 Å². The number of rotatable bonds is 2. The van der Waals surface area contributed by atoms with Crippen molar-refractivity contribution in [1.29, 1.82) is 0 Å². The number of hydrogen-bond donors (Lipinski definition) is 1. The highest BCUT2D eigenvalue weighted by molar-refractivity contribution is 6.28. The molecule has 1 amide bonds. The molecular formula is C9H8ClN5O. The Bertz CT molecular complexity index is 524. The van der Waals surface area contributed by atoms with Crippen LogP contribution in [0.25, 0.3) is 5.82 Å². The fourth-order valence-electron chi connectivity index (χ4n) is 1.15. The molecule has 0 aliphatic carbocycles. The summed E-state index contributed by atoms with van der Waals surface area (Å²) < 4.78 is 1.46. The van der Waals surface area contributed by atoms with Crippen LogP contribution in [-0.2, 0) is 0 Å². The molecule has 2 rings (SSSR count). The van der Waals surface area contributed by atoms with Crippen LogP contribution in [0.2, 0.25) is 5.28 Å². The van der Waals surface area contributed by atoms with Gasteiger partial charge in [-0.1, -0.05) is 0 Å². The lowest BCUT2D eigenvalue weighted by Crippen LogP contribution is -2.18. The van der Waals surface area contributed by atoms with Crippen molar-refractivity contribution in [2.75, 3.05) is 7.05 Å². The normalized spacial score (nSPS) is 10.1. The van der Waals surface area contributed by atoms with Crippen molar-refractivity contribution in [3.8, 4) is 5.82 Å². The van der Waals surface area contributed by atoms with Crippen LogP contribution in [0.4, 0.5) is 0 Å². The maximum absolute atomic E-state index is 11.3. The van der Waals surface area contributed by atoms with Crippen molar-refractivity contribution in [2.45, 2.75) is 0 Å². The Morgan fingerprint density at radius 2 is 2.31 bits per heavy atom. The summed E-state index contributed by atoms with van der Waals surface area (Å²) in [5.41, 5.74) is 0.317. The lowest BCUT2D eigenvalue weighted by atomic mass is 10.4. The molecule has 0 spiro atoms. The van der Waals surface area contributed by atoms with Gasteiger partial charge in [0.15, 0.2) is 11.5 Å². The summed E-state index contributed by atoms with van der Waals surface area (Å²) in [6.45, 7) is 0. The van der Waals surface area contributed by atoms with Crippen LogP contribution < -0.4 is 5.32 Å². The maximum Gasteiger partial charge on any atom is 0.271 e. The molecule has 7 heteroatoms. The fraction of sp³-hybridized carbons (Fsp3) is 0.111. The molecule has 2 aromatic rings. The summed E-state index contributed by atoms with van der Waals surface area (Å²) >= 11 is 5.65. The van der Waals surface area contributed by atoms with Crippen molar-refractivity contribution in [3.63, 3.8) is 0 Å². The predicted molar refractivity (Wildman–Crippen MR) is 57.6 cm³/mol. The quantitative estimate of drug-likeness (QED) is 0.780. The summed E-state index contributed by atoms with van der Waals surface area (Å²) in [6, 6.07) is 3.24. The molecule has 0 bridgehead atoms. The van der Waals surface area contributed by atoms with E-state index in [1.807, 2.05) is 0 Å². The van der Waals surface area contributed by atoms with Crippen molar-refractivity contribution in [2.24, 2.45) is 0 Å². The molecule has 0 aliphatic heterocycles. The highest BCUT2D eigenvalue weighted by atomic mass is 35.5. The van der Waals surface area contributed by atoms with Crippen LogP contribution in [0.1, 0.15) is 10.5 Å². The molecule has 1 N–H and O–H groups in total. The van der Waals surface area contributed by atoms with E-state index in [0.717, 1.165) is 0 Å². The molecule has 0 saturated carbocycles. The zero-order valence-electron chi connectivity index (χ0n) is 8.38. The Labute approximate surface area is 96.3 Å². The predicted octanol–water partition coefficient (Wildman–Crippen LogP) is 0.675. The minimum atomic E-state index is -0.251. The van der Waals surface area contributed by atoms with Crippen LogP contribution in [0.3, 0.4) is 0 Å². The third-order valence-corrected chi connectivity index (χ3v) is 2.08. The molecule has 82 valence electrons. The van der Waals surface area contributed by atoms with Gasteiger partial charge in [-0.25, -0.2) is 9.67 Å². The molecule has 0 saturated heterocycles. The number of carbonyl (C=O) groups excluding carboxylic acids is 1. The molecule has 6 nitrogen and oxygen atoms in total. The van der Waals surface area contributed by atoms with Gasteiger partial charge in [0, 0.05) is 25.5 Å². The van der Waals surface area contributed by atoms with Gasteiger partial charge in [0.25, 0.3) is 5.91 Å². The van der Waals surface area contributed by atoms with Gasteiger partial charge in [-0.3, -0.25) is 4.79 Å². The Hall–Kier alpha value is -1.95. The number of amides is 1. The first kappa shape index (κ1) is 10.6. The Kier molecular flexibility index (Phi) is 2.82. The minimum Gasteiger partial charge on any atom is -0.354 e. The summed E-state index contributed by atoms with van der Waals surface area (Å²) in [5.74, 6) is 0.258. The number of aromatic nitrogens is 4. The van der Waals surface area contributed by atoms with Gasteiger partial charge in [0.2, 0.25) is 5.28 Å². The van der Waals surface area contributed by atoms with Gasteiger partial charge < -0.3 is 5.32 Å². The first-order valence-electron chi connectivity index (χ1n) is 4.47. The average molecular weight is 238 g/mol. The average Bonchev–Trinajstić information content (AvgIpc) is 2.77. The first-order valence-corrected chi connectivity index (χ1v) is 4.85. The second-order valence-electron chi connectivity index (χ2n) is 2.91. The van der Waals surface area contributed by atoms with Crippen LogP contribution >= 0.6 is 11.6 Å². The molecule has 0 aliphatic rings. The highest BCUT2D eigenvalue weighted by Crippen LogP contribution is 2.06. The Balaban J connectivity index is 2.35. The van der Waals surface area contributed by atoms with Gasteiger partial charge in [0.1, 0.15) is 0 Å². The lowest BCUT2D eigenvalue weighted by Gasteiger charge is -1.99. The van der Waals surface area contributed by atoms with E-state index in [4.69, 9.17) is 11.6 Å². The van der Waals surface area contributed by atoms with E-state index in [9.17, 15) is 4.79 Å². The van der Waals surface area contributed by atoms with Crippen molar-refractivity contribution in [1.82, 2.24) is 25.1 Å². The van der Waals surface area contributed by atoms with Gasteiger partial charge in [-0.15, -0.1) is 0 Å². The molecule has 2 aromatic heterocycles. The van der Waals surface area contributed by atoms with Gasteiger partial charge in [0.05, 0.1) is 0 Å². The summed E-state index contributed by atoms with van der Waals surface area (Å²) in [7, 11) is 1.54. The summed E-state index contributed by atoms with van der Waals surface area (Å²) in [4.78, 5) is 19.0. The molecular weight excluding hydrogens is 230 g/mol. The molecule has 0 atom stereocenters. The van der Waals surface area contributed by atoms with E-state index in [1.54, 1.807) is 25.4 Å². The van der Waals surface area contributed by atoms with E-state index in [1.165, 1.54) is 10.9 Å². The van der Waals surface area contributed by atoms with Crippen LogP contribution in [0.15, 0.2) is 24.5 Å². The van der Waals surface area contributed by atoms with Crippen molar-refractivity contribution in [3.05, 3.63) is 35.5 Å². The number of carbonyl (C=O) groups is 1. The number of halogens is 1. The summed E-state index contributed by atoms with van der Waals surface area (Å²) in [5, 5.41) is 6.67. The molecule has 0 fully saturated rings. The number of nitrogens with zero attached hydrogens (tertiary/aromatic N) is 4. The monoisotopic (exact) mass is 237 g/mol. The molecule has 16 heavy (non-hydrogen) atoms. The van der Waals surface area contributed by atoms with Gasteiger partial charge >= 0.3 is 0 Å². The topological polar surface area (TPSA) is 72.7 Å². The Morgan fingerprint density at radius 1 is 1.50 bits per heavy atom. The first-order chi connectivity index (χ1) is 7.70. The van der Waals surface area contributed by atoms with Crippen molar-refractivity contribution >= 4 is 17.5 Å². The van der Waals surface area contributed by atoms with E-state index in [0.29, 0.717) is 11.5 Å². The SMILES string of the molecule is CNC(=O)c1ccn(-c2ccnc(Cl)n2)n1. The maximum atomic E-state index is 11.3. The van der Waals surface area contributed by atoms with Gasteiger partial charge in [-0.2, -0.15) is 10.1 Å². The number of hydrogen-bond acceptors (Lipinski definition) is 4. The minimum absolute atomic E-state index is 0.134. The van der Waals surface area contributed by atoms with Crippen LogP contribution in [-0.4, -0.2) is 32.7 Å². The van der Waals surface area contributed by atoms with E-state index >= 15 is 0 Å². The summed E-state index contributed by atoms with van der Waals surface area (Å²) in [6.07, 6.45) is 3.15. The zero-order valence-corrected chi connectivity index (χ0v) is 9.14. The third-order valence-electron chi connectivity index (χ3n) is 1.89. The van der Waals surface area contributed by atoms with Gasteiger partial charge in [-0.05, 0) is 17.7 Å². The molecule has 0 aromatic carbocycles. The zero-order chi connectivity index (χ0) is 11.5. The fourth-order valence-corrected chi connectivity index (χ4v) is 1.30. The largest absolute Gasteiger partial charge is 0.354 e. The van der Waals surface area contributed by atoms with Crippen LogP contribution in [0, 0.1) is 0 Å². The standard InChI is InChI=1S/C9H8ClN5O/c1-11-8(16)6-3-5-15(14-6)7-2-4-12-9(10)13-7/h2-5H,1H3,(H,11,16). The number of nitrogens with one attached hydrogen (secondary N) is 1. The smallest absolute Gasteiger partial charge is 0.271 e. The molecule has 0 unspecified atom stereocenters. The lowest BCUT2D eigenvalue weighted by molar-refractivity contribution is 0.0957. The Morgan fingerprint density at radius 3 is 3.00 bits per heavy atom.